The van der Waals surface area contributed by atoms with Crippen LogP contribution in [0.3, 0.4) is 0 Å². The summed E-state index contributed by atoms with van der Waals surface area (Å²) in [6.45, 7) is 6.43. The van der Waals surface area contributed by atoms with E-state index in [0.29, 0.717) is 6.10 Å². The molecule has 1 nitrogen and oxygen atoms in total. The Morgan fingerprint density at radius 3 is 2.18 bits per heavy atom. The van der Waals surface area contributed by atoms with Gasteiger partial charge in [0.05, 0.1) is 6.10 Å². The van der Waals surface area contributed by atoms with Crippen molar-refractivity contribution in [3.05, 3.63) is 0 Å². The van der Waals surface area contributed by atoms with E-state index in [1.807, 2.05) is 0 Å². The Bertz CT molecular complexity index is 230. The summed E-state index contributed by atoms with van der Waals surface area (Å²) in [4.78, 5) is -0.0336. The van der Waals surface area contributed by atoms with E-state index in [9.17, 15) is 0 Å². The number of halogens is 2. The first-order valence-corrected chi connectivity index (χ1v) is 8.34. The van der Waals surface area contributed by atoms with Gasteiger partial charge in [-0.05, 0) is 75.5 Å². The van der Waals surface area contributed by atoms with Crippen LogP contribution in [0.25, 0.3) is 0 Å². The average molecular weight is 373 g/mol. The lowest BCUT2D eigenvalue weighted by atomic mass is 9.91. The van der Waals surface area contributed by atoms with Crippen molar-refractivity contribution in [2.45, 2.75) is 86.7 Å². The highest BCUT2D eigenvalue weighted by Gasteiger charge is 2.32. The van der Waals surface area contributed by atoms with Crippen molar-refractivity contribution in [1.29, 1.82) is 0 Å². The van der Waals surface area contributed by atoms with E-state index in [1.165, 1.54) is 32.1 Å². The van der Waals surface area contributed by atoms with Gasteiger partial charge < -0.3 is 4.74 Å². The van der Waals surface area contributed by atoms with Gasteiger partial charge in [-0.1, -0.05) is 19.3 Å². The molecule has 0 aromatic rings. The Balaban J connectivity index is 2.62. The van der Waals surface area contributed by atoms with Crippen LogP contribution in [0.5, 0.6) is 0 Å². The normalized spacial score (nSPS) is 37.1. The maximum atomic E-state index is 6.58. The number of rotatable bonds is 2. The summed E-state index contributed by atoms with van der Waals surface area (Å²) in [5.74, 6) is 0. The van der Waals surface area contributed by atoms with E-state index < -0.39 is 0 Å². The van der Waals surface area contributed by atoms with Gasteiger partial charge in [-0.15, -0.1) is 11.6 Å². The van der Waals surface area contributed by atoms with Crippen molar-refractivity contribution >= 4 is 34.2 Å². The fraction of sp³-hybridized carbons (Fsp3) is 1.00. The second kappa shape index (κ2) is 6.95. The monoisotopic (exact) mass is 372 g/mol. The molecule has 2 atom stereocenters. The molecule has 0 saturated heterocycles. The zero-order chi connectivity index (χ0) is 12.9. The molecule has 2 unspecified atom stereocenters. The van der Waals surface area contributed by atoms with Gasteiger partial charge in [-0.2, -0.15) is 0 Å². The number of hydrogen-bond acceptors (Lipinski definition) is 1. The van der Waals surface area contributed by atoms with Gasteiger partial charge in [0.2, 0.25) is 0 Å². The first-order valence-electron chi connectivity index (χ1n) is 6.89. The third-order valence-electron chi connectivity index (χ3n) is 3.46. The minimum absolute atomic E-state index is 0.000579. The van der Waals surface area contributed by atoms with Crippen LogP contribution >= 0.6 is 34.2 Å². The maximum Gasteiger partial charge on any atom is 0.119 e. The third kappa shape index (κ3) is 6.63. The molecule has 0 radical (unpaired) electrons. The van der Waals surface area contributed by atoms with Gasteiger partial charge in [0, 0.05) is 4.87 Å². The summed E-state index contributed by atoms with van der Waals surface area (Å²) in [6.07, 6.45) is 9.94. The summed E-state index contributed by atoms with van der Waals surface area (Å²) in [5.41, 5.74) is 0. The highest BCUT2D eigenvalue weighted by molar-refractivity contribution is 14.1. The molecular weight excluding hydrogens is 347 g/mol. The second-order valence-electron chi connectivity index (χ2n) is 5.88. The fourth-order valence-corrected chi connectivity index (χ4v) is 3.86. The quantitative estimate of drug-likeness (QED) is 0.448. The lowest BCUT2D eigenvalue weighted by Gasteiger charge is -2.34. The Morgan fingerprint density at radius 1 is 1.00 bits per heavy atom. The molecule has 1 fully saturated rings. The summed E-state index contributed by atoms with van der Waals surface area (Å²) < 4.78 is 6.13. The van der Waals surface area contributed by atoms with E-state index in [0.717, 1.165) is 19.3 Å². The van der Waals surface area contributed by atoms with Crippen molar-refractivity contribution in [2.24, 2.45) is 0 Å². The minimum Gasteiger partial charge on any atom is -0.362 e. The molecule has 3 heteroatoms. The molecule has 0 aromatic heterocycles. The van der Waals surface area contributed by atoms with Crippen molar-refractivity contribution < 1.29 is 4.74 Å². The van der Waals surface area contributed by atoms with Crippen LogP contribution in [-0.4, -0.2) is 14.6 Å². The molecule has 17 heavy (non-hydrogen) atoms. The number of ether oxygens (including phenoxy) is 1. The smallest absolute Gasteiger partial charge is 0.119 e. The van der Waals surface area contributed by atoms with Crippen molar-refractivity contribution in [3.8, 4) is 0 Å². The second-order valence-corrected chi connectivity index (χ2v) is 8.76. The molecule has 0 spiro atoms. The molecule has 1 rings (SSSR count). The summed E-state index contributed by atoms with van der Waals surface area (Å²) in [7, 11) is 0. The summed E-state index contributed by atoms with van der Waals surface area (Å²) >= 11 is 9.09. The Hall–Kier alpha value is 0.980. The molecule has 0 heterocycles. The van der Waals surface area contributed by atoms with Crippen LogP contribution < -0.4 is 0 Å². The molecular formula is C14H26ClIO. The van der Waals surface area contributed by atoms with E-state index in [2.05, 4.69) is 43.4 Å². The Kier molecular flexibility index (Phi) is 6.55. The van der Waals surface area contributed by atoms with Crippen LogP contribution in [0, 0.1) is 0 Å². The SMILES string of the molecule is CC(C)OC1(I)CCCCCCC(C)(Cl)CC1. The zero-order valence-corrected chi connectivity index (χ0v) is 14.3. The minimum atomic E-state index is -0.0336. The molecule has 1 saturated carbocycles. The first-order chi connectivity index (χ1) is 7.83. The fourth-order valence-electron chi connectivity index (χ4n) is 2.47. The van der Waals surface area contributed by atoms with Crippen molar-refractivity contribution in [2.75, 3.05) is 0 Å². The van der Waals surface area contributed by atoms with Crippen LogP contribution in [0.4, 0.5) is 0 Å². The lowest BCUT2D eigenvalue weighted by Crippen LogP contribution is -2.31. The molecule has 0 aliphatic heterocycles. The average Bonchev–Trinajstić information content (AvgIpc) is 2.19. The van der Waals surface area contributed by atoms with Gasteiger partial charge in [-0.3, -0.25) is 0 Å². The summed E-state index contributed by atoms with van der Waals surface area (Å²) in [5, 5.41) is 0. The Labute approximate surface area is 125 Å². The van der Waals surface area contributed by atoms with Gasteiger partial charge in [0.25, 0.3) is 0 Å². The summed E-state index contributed by atoms with van der Waals surface area (Å²) in [6, 6.07) is 0. The Morgan fingerprint density at radius 2 is 1.59 bits per heavy atom. The molecule has 0 amide bonds. The highest BCUT2D eigenvalue weighted by Crippen LogP contribution is 2.39. The van der Waals surface area contributed by atoms with Crippen LogP contribution in [-0.2, 0) is 4.74 Å². The van der Waals surface area contributed by atoms with Crippen LogP contribution in [0.1, 0.15) is 72.1 Å². The van der Waals surface area contributed by atoms with E-state index >= 15 is 0 Å². The van der Waals surface area contributed by atoms with Gasteiger partial charge >= 0.3 is 0 Å². The number of hydrogen-bond donors (Lipinski definition) is 0. The number of alkyl halides is 2. The third-order valence-corrected chi connectivity index (χ3v) is 5.18. The first kappa shape index (κ1) is 16.0. The maximum absolute atomic E-state index is 6.58. The van der Waals surface area contributed by atoms with Gasteiger partial charge in [0.15, 0.2) is 0 Å². The molecule has 1 aliphatic carbocycles. The zero-order valence-electron chi connectivity index (χ0n) is 11.4. The van der Waals surface area contributed by atoms with Gasteiger partial charge in [0.1, 0.15) is 3.61 Å². The standard InChI is InChI=1S/C14H26ClIO/c1-12(2)17-14(16)9-7-5-4-6-8-13(3,15)10-11-14/h12H,4-11H2,1-3H3. The lowest BCUT2D eigenvalue weighted by molar-refractivity contribution is -0.0184. The van der Waals surface area contributed by atoms with Crippen LogP contribution in [0.15, 0.2) is 0 Å². The molecule has 102 valence electrons. The van der Waals surface area contributed by atoms with E-state index in [-0.39, 0.29) is 8.48 Å². The van der Waals surface area contributed by atoms with E-state index in [1.54, 1.807) is 0 Å². The predicted molar refractivity (Wildman–Crippen MR) is 84.2 cm³/mol. The largest absolute Gasteiger partial charge is 0.362 e. The van der Waals surface area contributed by atoms with Crippen LogP contribution in [0.2, 0.25) is 0 Å². The van der Waals surface area contributed by atoms with E-state index in [4.69, 9.17) is 16.3 Å². The predicted octanol–water partition coefficient (Wildman–Crippen LogP) is 5.67. The van der Waals surface area contributed by atoms with Crippen molar-refractivity contribution in [3.63, 3.8) is 0 Å². The van der Waals surface area contributed by atoms with Crippen molar-refractivity contribution in [1.82, 2.24) is 0 Å². The molecule has 0 N–H and O–H groups in total. The molecule has 1 aliphatic rings. The highest BCUT2D eigenvalue weighted by atomic mass is 127. The topological polar surface area (TPSA) is 9.23 Å². The molecule has 0 aromatic carbocycles. The van der Waals surface area contributed by atoms with Gasteiger partial charge in [-0.25, -0.2) is 0 Å². The molecule has 0 bridgehead atoms.